The minimum atomic E-state index is -0.496. The van der Waals surface area contributed by atoms with E-state index in [0.717, 1.165) is 0 Å². The lowest BCUT2D eigenvalue weighted by Gasteiger charge is -2.60. The molecule has 1 aromatic carbocycles. The molecule has 1 spiro atoms. The lowest BCUT2D eigenvalue weighted by molar-refractivity contribution is -0.147. The summed E-state index contributed by atoms with van der Waals surface area (Å²) in [5.74, 6) is -0.779. The second kappa shape index (κ2) is 7.98. The lowest BCUT2D eigenvalue weighted by Crippen LogP contribution is -2.79. The molecule has 0 unspecified atom stereocenters. The Balaban J connectivity index is 1.50. The largest absolute Gasteiger partial charge is 0.465 e. The number of β-amino-alcohol motifs (C(OH)–C–C–N with tert-alkyl or cyclic N) is 1. The molecule has 1 aromatic rings. The summed E-state index contributed by atoms with van der Waals surface area (Å²) in [7, 11) is 1.30. The van der Waals surface area contributed by atoms with Crippen LogP contribution in [0.2, 0.25) is 0 Å². The summed E-state index contributed by atoms with van der Waals surface area (Å²) in [6.45, 7) is 2.24. The lowest BCUT2D eigenvalue weighted by atomic mass is 9.83. The summed E-state index contributed by atoms with van der Waals surface area (Å²) >= 11 is 0. The third-order valence-corrected chi connectivity index (χ3v) is 6.38. The van der Waals surface area contributed by atoms with Gasteiger partial charge >= 0.3 is 5.97 Å². The highest BCUT2D eigenvalue weighted by atomic mass is 16.5. The molecule has 9 heteroatoms. The fraction of sp³-hybridized carbons (Fsp3) is 0.571. The van der Waals surface area contributed by atoms with E-state index >= 15 is 0 Å². The van der Waals surface area contributed by atoms with E-state index in [-0.39, 0.29) is 36.4 Å². The number of carbonyl (C=O) groups is 3. The van der Waals surface area contributed by atoms with Gasteiger partial charge in [0.05, 0.1) is 30.9 Å². The zero-order valence-electron chi connectivity index (χ0n) is 17.0. The molecule has 4 rings (SSSR count). The number of hydrogen-bond donors (Lipinski definition) is 2. The number of carbonyl (C=O) groups excluding carboxylic acids is 3. The van der Waals surface area contributed by atoms with Crippen molar-refractivity contribution < 1.29 is 29.3 Å². The summed E-state index contributed by atoms with van der Waals surface area (Å²) in [5, 5.41) is 19.3. The molecule has 3 aliphatic heterocycles. The summed E-state index contributed by atoms with van der Waals surface area (Å²) < 4.78 is 4.72. The number of hydrogen-bond acceptors (Lipinski definition) is 7. The van der Waals surface area contributed by atoms with Crippen molar-refractivity contribution in [2.75, 3.05) is 46.4 Å². The van der Waals surface area contributed by atoms with Crippen LogP contribution in [0.1, 0.15) is 33.6 Å². The zero-order chi connectivity index (χ0) is 21.5. The molecular weight excluding hydrogens is 390 g/mol. The second-order valence-corrected chi connectivity index (χ2v) is 8.40. The van der Waals surface area contributed by atoms with Crippen molar-refractivity contribution in [1.82, 2.24) is 14.7 Å². The smallest absolute Gasteiger partial charge is 0.337 e. The van der Waals surface area contributed by atoms with E-state index < -0.39 is 12.1 Å². The normalized spacial score (nSPS) is 25.0. The van der Waals surface area contributed by atoms with Crippen LogP contribution in [0.3, 0.4) is 0 Å². The maximum atomic E-state index is 13.0. The monoisotopic (exact) mass is 417 g/mol. The van der Waals surface area contributed by atoms with Crippen LogP contribution in [-0.2, 0) is 9.53 Å². The Bertz CT molecular complexity index is 853. The van der Waals surface area contributed by atoms with Gasteiger partial charge in [-0.3, -0.25) is 14.5 Å². The van der Waals surface area contributed by atoms with Crippen LogP contribution in [0.15, 0.2) is 24.3 Å². The number of aliphatic hydroxyl groups is 2. The number of piperazine rings is 1. The van der Waals surface area contributed by atoms with Crippen LogP contribution in [0.4, 0.5) is 0 Å². The molecule has 0 bridgehead atoms. The highest BCUT2D eigenvalue weighted by Crippen LogP contribution is 2.39. The fourth-order valence-corrected chi connectivity index (χ4v) is 5.02. The van der Waals surface area contributed by atoms with Crippen molar-refractivity contribution in [3.63, 3.8) is 0 Å². The molecule has 3 heterocycles. The molecule has 0 aromatic heterocycles. The van der Waals surface area contributed by atoms with Crippen molar-refractivity contribution in [3.8, 4) is 0 Å². The first-order valence-corrected chi connectivity index (χ1v) is 10.2. The van der Waals surface area contributed by atoms with Crippen LogP contribution in [0.5, 0.6) is 0 Å². The maximum Gasteiger partial charge on any atom is 0.337 e. The van der Waals surface area contributed by atoms with Gasteiger partial charge in [-0.2, -0.15) is 0 Å². The number of aliphatic hydroxyl groups excluding tert-OH is 2. The molecule has 3 saturated heterocycles. The summed E-state index contributed by atoms with van der Waals surface area (Å²) in [5.41, 5.74) is 0.343. The van der Waals surface area contributed by atoms with Crippen molar-refractivity contribution in [2.24, 2.45) is 0 Å². The Morgan fingerprint density at radius 3 is 2.53 bits per heavy atom. The first-order valence-electron chi connectivity index (χ1n) is 10.2. The molecule has 3 aliphatic rings. The Labute approximate surface area is 174 Å². The highest BCUT2D eigenvalue weighted by Gasteiger charge is 2.57. The number of rotatable bonds is 4. The number of benzene rings is 1. The standard InChI is InChI=1S/C21H27N3O6/c1-30-20(29)15-4-2-3-14(7-15)19(28)23-12-21(13-23)11-22(18(27)5-6-25)9-16-8-17(26)10-24(16)21/h2-4,7,16-17,25-26H,5-6,8-13H2,1H3/t16-,17+/m0/s1. The van der Waals surface area contributed by atoms with Gasteiger partial charge in [0, 0.05) is 50.7 Å². The highest BCUT2D eigenvalue weighted by molar-refractivity contribution is 5.98. The maximum absolute atomic E-state index is 13.0. The SMILES string of the molecule is COC(=O)c1cccc(C(=O)N2CC3(CN(C(=O)CCO)C[C@@H]4C[C@@H](O)CN43)C2)c1. The summed E-state index contributed by atoms with van der Waals surface area (Å²) in [6, 6.07) is 6.50. The number of esters is 1. The molecule has 2 atom stereocenters. The zero-order valence-corrected chi connectivity index (χ0v) is 17.0. The van der Waals surface area contributed by atoms with Crippen molar-refractivity contribution in [3.05, 3.63) is 35.4 Å². The van der Waals surface area contributed by atoms with Gasteiger partial charge in [0.2, 0.25) is 5.91 Å². The molecule has 0 saturated carbocycles. The van der Waals surface area contributed by atoms with Crippen LogP contribution in [0.25, 0.3) is 0 Å². The number of ether oxygens (including phenoxy) is 1. The Kier molecular flexibility index (Phi) is 5.52. The van der Waals surface area contributed by atoms with Gasteiger partial charge in [-0.1, -0.05) is 6.07 Å². The second-order valence-electron chi connectivity index (χ2n) is 8.40. The van der Waals surface area contributed by atoms with Gasteiger partial charge in [0.1, 0.15) is 0 Å². The summed E-state index contributed by atoms with van der Waals surface area (Å²) in [6.07, 6.45) is 0.231. The van der Waals surface area contributed by atoms with Gasteiger partial charge in [0.15, 0.2) is 0 Å². The molecule has 0 aliphatic carbocycles. The van der Waals surface area contributed by atoms with Gasteiger partial charge < -0.3 is 24.7 Å². The van der Waals surface area contributed by atoms with Crippen LogP contribution >= 0.6 is 0 Å². The van der Waals surface area contributed by atoms with Crippen LogP contribution < -0.4 is 0 Å². The van der Waals surface area contributed by atoms with Crippen LogP contribution in [-0.4, -0.2) is 107 Å². The molecule has 9 nitrogen and oxygen atoms in total. The first-order chi connectivity index (χ1) is 14.4. The molecule has 30 heavy (non-hydrogen) atoms. The Morgan fingerprint density at radius 1 is 1.13 bits per heavy atom. The van der Waals surface area contributed by atoms with E-state index in [9.17, 15) is 19.5 Å². The van der Waals surface area contributed by atoms with Crippen LogP contribution in [0, 0.1) is 0 Å². The van der Waals surface area contributed by atoms with Gasteiger partial charge in [-0.25, -0.2) is 4.79 Å². The van der Waals surface area contributed by atoms with Gasteiger partial charge in [0.25, 0.3) is 5.91 Å². The average molecular weight is 417 g/mol. The number of likely N-dealkylation sites (tertiary alicyclic amines) is 1. The van der Waals surface area contributed by atoms with Gasteiger partial charge in [-0.15, -0.1) is 0 Å². The van der Waals surface area contributed by atoms with Crippen molar-refractivity contribution >= 4 is 17.8 Å². The first kappa shape index (κ1) is 20.8. The van der Waals surface area contributed by atoms with E-state index in [1.807, 2.05) is 0 Å². The van der Waals surface area contributed by atoms with Crippen molar-refractivity contribution in [2.45, 2.75) is 30.5 Å². The fourth-order valence-electron chi connectivity index (χ4n) is 5.02. The molecule has 2 N–H and O–H groups in total. The summed E-state index contributed by atoms with van der Waals surface area (Å²) in [4.78, 5) is 42.9. The van der Waals surface area contributed by atoms with Gasteiger partial charge in [-0.05, 0) is 24.6 Å². The average Bonchev–Trinajstić information content (AvgIpc) is 3.11. The van der Waals surface area contributed by atoms with E-state index in [2.05, 4.69) is 4.90 Å². The minimum absolute atomic E-state index is 0.0521. The minimum Gasteiger partial charge on any atom is -0.465 e. The third kappa shape index (κ3) is 3.57. The van der Waals surface area contributed by atoms with E-state index in [1.54, 1.807) is 28.0 Å². The van der Waals surface area contributed by atoms with E-state index in [0.29, 0.717) is 50.3 Å². The molecular formula is C21H27N3O6. The third-order valence-electron chi connectivity index (χ3n) is 6.38. The number of amides is 2. The van der Waals surface area contributed by atoms with E-state index in [1.165, 1.54) is 13.2 Å². The van der Waals surface area contributed by atoms with Crippen molar-refractivity contribution in [1.29, 1.82) is 0 Å². The molecule has 0 radical (unpaired) electrons. The number of nitrogens with zero attached hydrogens (tertiary/aromatic N) is 3. The Hall–Kier alpha value is -2.49. The Morgan fingerprint density at radius 2 is 1.83 bits per heavy atom. The predicted molar refractivity (Wildman–Crippen MR) is 106 cm³/mol. The quantitative estimate of drug-likeness (QED) is 0.625. The number of fused-ring (bicyclic) bond motifs is 2. The molecule has 3 fully saturated rings. The predicted octanol–water partition coefficient (Wildman–Crippen LogP) is -0.672. The molecule has 162 valence electrons. The van der Waals surface area contributed by atoms with E-state index in [4.69, 9.17) is 9.84 Å². The number of methoxy groups -OCH3 is 1. The molecule has 2 amide bonds. The topological polar surface area (TPSA) is 111 Å².